The van der Waals surface area contributed by atoms with Gasteiger partial charge in [0.05, 0.1) is 0 Å². The van der Waals surface area contributed by atoms with Crippen molar-refractivity contribution in [3.8, 4) is 11.4 Å². The molecule has 0 unspecified atom stereocenters. The summed E-state index contributed by atoms with van der Waals surface area (Å²) in [5.74, 6) is 0.833. The summed E-state index contributed by atoms with van der Waals surface area (Å²) >= 11 is 0. The van der Waals surface area contributed by atoms with Crippen LogP contribution in [0.5, 0.6) is 0 Å². The molecule has 3 heterocycles. The fourth-order valence-corrected chi connectivity index (χ4v) is 4.32. The third-order valence-electron chi connectivity index (χ3n) is 5.96. The van der Waals surface area contributed by atoms with Crippen molar-refractivity contribution in [2.75, 3.05) is 19.6 Å². The monoisotopic (exact) mass is 405 g/mol. The lowest BCUT2D eigenvalue weighted by Gasteiger charge is -2.33. The first kappa shape index (κ1) is 20.5. The lowest BCUT2D eigenvalue weighted by molar-refractivity contribution is 0.0938. The largest absolute Gasteiger partial charge is 0.351 e. The van der Waals surface area contributed by atoms with E-state index in [1.165, 1.54) is 19.3 Å². The predicted molar refractivity (Wildman–Crippen MR) is 120 cm³/mol. The van der Waals surface area contributed by atoms with Crippen molar-refractivity contribution in [1.82, 2.24) is 24.8 Å². The second kappa shape index (κ2) is 9.39. The summed E-state index contributed by atoms with van der Waals surface area (Å²) in [7, 11) is 0. The Hall–Kier alpha value is -2.73. The third-order valence-corrected chi connectivity index (χ3v) is 5.96. The minimum Gasteiger partial charge on any atom is -0.351 e. The van der Waals surface area contributed by atoms with E-state index >= 15 is 0 Å². The maximum atomic E-state index is 12.8. The molecule has 30 heavy (non-hydrogen) atoms. The number of benzene rings is 1. The first-order valence-electron chi connectivity index (χ1n) is 11.1. The van der Waals surface area contributed by atoms with E-state index in [1.54, 1.807) is 6.20 Å². The molecule has 0 saturated carbocycles. The number of nitrogens with zero attached hydrogens (tertiary/aromatic N) is 4. The highest BCUT2D eigenvalue weighted by molar-refractivity contribution is 5.95. The maximum Gasteiger partial charge on any atom is 0.251 e. The van der Waals surface area contributed by atoms with Gasteiger partial charge >= 0.3 is 0 Å². The topological polar surface area (TPSA) is 63.1 Å². The molecular formula is C24H31N5O. The molecule has 0 spiro atoms. The summed E-state index contributed by atoms with van der Waals surface area (Å²) in [5, 5.41) is 3.09. The SMILES string of the molecule is CCCn1c(-c2cccc(C(=O)NCCN3CCCC[C@@H]3C)c2)nc2cccnc21. The van der Waals surface area contributed by atoms with Crippen LogP contribution in [0.1, 0.15) is 49.9 Å². The fourth-order valence-electron chi connectivity index (χ4n) is 4.32. The van der Waals surface area contributed by atoms with Gasteiger partial charge in [-0.25, -0.2) is 9.97 Å². The van der Waals surface area contributed by atoms with Crippen LogP contribution in [0.25, 0.3) is 22.6 Å². The minimum atomic E-state index is -0.0298. The van der Waals surface area contributed by atoms with E-state index in [0.717, 1.165) is 48.6 Å². The van der Waals surface area contributed by atoms with Crippen LogP contribution in [0.3, 0.4) is 0 Å². The molecule has 4 rings (SSSR count). The molecule has 0 radical (unpaired) electrons. The summed E-state index contributed by atoms with van der Waals surface area (Å²) in [4.78, 5) is 24.5. The van der Waals surface area contributed by atoms with E-state index in [2.05, 4.69) is 33.6 Å². The van der Waals surface area contributed by atoms with Crippen molar-refractivity contribution in [1.29, 1.82) is 0 Å². The maximum absolute atomic E-state index is 12.8. The van der Waals surface area contributed by atoms with Gasteiger partial charge in [-0.2, -0.15) is 0 Å². The van der Waals surface area contributed by atoms with Crippen molar-refractivity contribution in [3.63, 3.8) is 0 Å². The average molecular weight is 406 g/mol. The zero-order valence-electron chi connectivity index (χ0n) is 18.0. The van der Waals surface area contributed by atoms with Gasteiger partial charge in [0.1, 0.15) is 11.3 Å². The van der Waals surface area contributed by atoms with Gasteiger partial charge in [0.15, 0.2) is 5.65 Å². The number of aromatic nitrogens is 3. The highest BCUT2D eigenvalue weighted by Crippen LogP contribution is 2.25. The molecule has 158 valence electrons. The number of imidazole rings is 1. The number of hydrogen-bond acceptors (Lipinski definition) is 4. The third kappa shape index (κ3) is 4.38. The highest BCUT2D eigenvalue weighted by Gasteiger charge is 2.18. The van der Waals surface area contributed by atoms with Crippen LogP contribution in [0, 0.1) is 0 Å². The molecule has 1 amide bonds. The number of aryl methyl sites for hydroxylation is 1. The standard InChI is InChI=1S/C24H31N5O/c1-3-14-29-22(27-21-11-7-12-25-23(21)29)19-9-6-10-20(17-19)24(30)26-13-16-28-15-5-4-8-18(28)2/h6-7,9-12,17-18H,3-5,8,13-16H2,1-2H3,(H,26,30)/t18-/m0/s1. The summed E-state index contributed by atoms with van der Waals surface area (Å²) in [6, 6.07) is 12.2. The van der Waals surface area contributed by atoms with Crippen LogP contribution in [0.4, 0.5) is 0 Å². The van der Waals surface area contributed by atoms with Gasteiger partial charge < -0.3 is 9.88 Å². The van der Waals surface area contributed by atoms with Crippen LogP contribution in [-0.2, 0) is 6.54 Å². The van der Waals surface area contributed by atoms with Crippen LogP contribution >= 0.6 is 0 Å². The number of amides is 1. The van der Waals surface area contributed by atoms with Crippen molar-refractivity contribution in [2.24, 2.45) is 0 Å². The van der Waals surface area contributed by atoms with Crippen LogP contribution in [0.15, 0.2) is 42.6 Å². The Balaban J connectivity index is 1.49. The van der Waals surface area contributed by atoms with Gasteiger partial charge in [-0.05, 0) is 57.0 Å². The molecule has 3 aromatic rings. The Morgan fingerprint density at radius 2 is 2.10 bits per heavy atom. The number of fused-ring (bicyclic) bond motifs is 1. The lowest BCUT2D eigenvalue weighted by Crippen LogP contribution is -2.42. The van der Waals surface area contributed by atoms with Gasteiger partial charge in [-0.1, -0.05) is 25.5 Å². The van der Waals surface area contributed by atoms with E-state index in [9.17, 15) is 4.79 Å². The Kier molecular flexibility index (Phi) is 6.43. The van der Waals surface area contributed by atoms with Crippen LogP contribution in [-0.4, -0.2) is 51.0 Å². The van der Waals surface area contributed by atoms with E-state index in [-0.39, 0.29) is 5.91 Å². The molecule has 6 nitrogen and oxygen atoms in total. The normalized spacial score (nSPS) is 17.3. The molecular weight excluding hydrogens is 374 g/mol. The van der Waals surface area contributed by atoms with E-state index in [0.29, 0.717) is 18.2 Å². The number of likely N-dealkylation sites (tertiary alicyclic amines) is 1. The molecule has 6 heteroatoms. The number of carbonyl (C=O) groups excluding carboxylic acids is 1. The molecule has 1 atom stereocenters. The zero-order chi connectivity index (χ0) is 20.9. The van der Waals surface area contributed by atoms with Gasteiger partial charge in [0, 0.05) is 43.0 Å². The quantitative estimate of drug-likeness (QED) is 0.642. The van der Waals surface area contributed by atoms with Crippen molar-refractivity contribution in [3.05, 3.63) is 48.2 Å². The summed E-state index contributed by atoms with van der Waals surface area (Å²) in [6.45, 7) is 7.98. The molecule has 2 aromatic heterocycles. The Morgan fingerprint density at radius 3 is 2.93 bits per heavy atom. The smallest absolute Gasteiger partial charge is 0.251 e. The summed E-state index contributed by atoms with van der Waals surface area (Å²) in [5.41, 5.74) is 3.38. The van der Waals surface area contributed by atoms with Gasteiger partial charge in [-0.3, -0.25) is 9.69 Å². The fraction of sp³-hybridized carbons (Fsp3) is 0.458. The van der Waals surface area contributed by atoms with E-state index in [4.69, 9.17) is 4.98 Å². The molecule has 1 saturated heterocycles. The molecule has 0 aliphatic carbocycles. The number of carbonyl (C=O) groups is 1. The average Bonchev–Trinajstić information content (AvgIpc) is 3.14. The Labute approximate surface area is 178 Å². The number of hydrogen-bond donors (Lipinski definition) is 1. The van der Waals surface area contributed by atoms with Gasteiger partial charge in [-0.15, -0.1) is 0 Å². The summed E-state index contributed by atoms with van der Waals surface area (Å²) < 4.78 is 2.14. The molecule has 1 aliphatic rings. The molecule has 1 aliphatic heterocycles. The molecule has 0 bridgehead atoms. The number of nitrogens with one attached hydrogen (secondary N) is 1. The highest BCUT2D eigenvalue weighted by atomic mass is 16.1. The first-order valence-corrected chi connectivity index (χ1v) is 11.1. The first-order chi connectivity index (χ1) is 14.7. The number of piperidine rings is 1. The number of rotatable bonds is 7. The summed E-state index contributed by atoms with van der Waals surface area (Å²) in [6.07, 6.45) is 6.61. The molecule has 1 aromatic carbocycles. The lowest BCUT2D eigenvalue weighted by atomic mass is 10.0. The van der Waals surface area contributed by atoms with Crippen molar-refractivity contribution < 1.29 is 4.79 Å². The van der Waals surface area contributed by atoms with Crippen LogP contribution < -0.4 is 5.32 Å². The Bertz CT molecular complexity index is 1010. The predicted octanol–water partition coefficient (Wildman–Crippen LogP) is 4.11. The van der Waals surface area contributed by atoms with Gasteiger partial charge in [0.25, 0.3) is 5.91 Å². The molecule has 1 N–H and O–H groups in total. The zero-order valence-corrected chi connectivity index (χ0v) is 18.0. The van der Waals surface area contributed by atoms with E-state index < -0.39 is 0 Å². The second-order valence-corrected chi connectivity index (χ2v) is 8.15. The van der Waals surface area contributed by atoms with Crippen molar-refractivity contribution in [2.45, 2.75) is 52.1 Å². The molecule has 1 fully saturated rings. The van der Waals surface area contributed by atoms with Crippen molar-refractivity contribution >= 4 is 17.1 Å². The number of pyridine rings is 1. The second-order valence-electron chi connectivity index (χ2n) is 8.15. The van der Waals surface area contributed by atoms with Gasteiger partial charge in [0.2, 0.25) is 0 Å². The van der Waals surface area contributed by atoms with Crippen LogP contribution in [0.2, 0.25) is 0 Å². The van der Waals surface area contributed by atoms with E-state index in [1.807, 2.05) is 36.4 Å². The Morgan fingerprint density at radius 1 is 1.20 bits per heavy atom. The minimum absolute atomic E-state index is 0.0298.